The van der Waals surface area contributed by atoms with E-state index in [-0.39, 0.29) is 35.0 Å². The van der Waals surface area contributed by atoms with E-state index < -0.39 is 44.4 Å². The average Bonchev–Trinajstić information content (AvgIpc) is 4.23. The van der Waals surface area contributed by atoms with Crippen molar-refractivity contribution in [3.8, 4) is 0 Å². The van der Waals surface area contributed by atoms with E-state index in [0.29, 0.717) is 42.0 Å². The first kappa shape index (κ1) is 41.3. The zero-order valence-electron chi connectivity index (χ0n) is 35.6. The molecule has 330 valence electrons. The summed E-state index contributed by atoms with van der Waals surface area (Å²) < 4.78 is 17.2. The van der Waals surface area contributed by atoms with Crippen LogP contribution in [0.1, 0.15) is 21.6 Å². The van der Waals surface area contributed by atoms with Gasteiger partial charge in [0.2, 0.25) is 27.1 Å². The minimum absolute atomic E-state index is 0.140. The van der Waals surface area contributed by atoms with Crippen LogP contribution < -0.4 is 32.4 Å². The molecule has 0 N–H and O–H groups in total. The molecule has 0 bridgehead atoms. The first-order valence-corrected chi connectivity index (χ1v) is 24.9. The predicted octanol–water partition coefficient (Wildman–Crippen LogP) is 10.1. The highest BCUT2D eigenvalue weighted by molar-refractivity contribution is 7.45. The fourth-order valence-electron chi connectivity index (χ4n) is 9.41. The molecule has 10 nitrogen and oxygen atoms in total. The number of carbonyl (C=O) groups is 2. The molecular weight excluding hydrogens is 945 g/mol. The second kappa shape index (κ2) is 15.6. The lowest BCUT2D eigenvalue weighted by Gasteiger charge is -2.27. The minimum Gasteiger partial charge on any atom is -0.459 e. The summed E-state index contributed by atoms with van der Waals surface area (Å²) in [7, 11) is 0. The number of thiophene rings is 4. The first-order chi connectivity index (χ1) is 33.6. The molecule has 0 radical (unpaired) electrons. The third-order valence-electron chi connectivity index (χ3n) is 12.7. The third kappa shape index (κ3) is 6.26. The molecule has 1 aliphatic rings. The van der Waals surface area contributed by atoms with Crippen LogP contribution in [0.4, 0.5) is 5.00 Å². The molecule has 4 aromatic heterocycles. The summed E-state index contributed by atoms with van der Waals surface area (Å²) in [5.41, 5.74) is -2.99. The summed E-state index contributed by atoms with van der Waals surface area (Å²) in [6.45, 7) is -0.383. The zero-order valence-corrected chi connectivity index (χ0v) is 38.8. The van der Waals surface area contributed by atoms with Gasteiger partial charge in [0, 0.05) is 36.7 Å². The summed E-state index contributed by atoms with van der Waals surface area (Å²) in [5, 5.41) is 4.19. The topological polar surface area (TPSA) is 146 Å². The van der Waals surface area contributed by atoms with Crippen LogP contribution in [-0.2, 0) is 37.7 Å². The summed E-state index contributed by atoms with van der Waals surface area (Å²) in [6, 6.07) is 41.7. The lowest BCUT2D eigenvalue weighted by molar-refractivity contribution is -0.164. The van der Waals surface area contributed by atoms with E-state index in [1.165, 1.54) is 45.3 Å². The van der Waals surface area contributed by atoms with Gasteiger partial charge in [0.1, 0.15) is 18.2 Å². The van der Waals surface area contributed by atoms with Crippen molar-refractivity contribution in [1.29, 1.82) is 0 Å². The number of fused-ring (bicyclic) bond motifs is 11. The van der Waals surface area contributed by atoms with Gasteiger partial charge in [0.05, 0.1) is 29.2 Å². The molecule has 14 heteroatoms. The van der Waals surface area contributed by atoms with E-state index in [1.807, 2.05) is 91.0 Å². The number of nitrogens with zero attached hydrogens (tertiary/aromatic N) is 2. The van der Waals surface area contributed by atoms with Gasteiger partial charge in [0.25, 0.3) is 0 Å². The normalized spacial score (nSPS) is 13.3. The summed E-state index contributed by atoms with van der Waals surface area (Å²) in [4.78, 5) is 96.3. The monoisotopic (exact) mass is 972 g/mol. The van der Waals surface area contributed by atoms with Crippen LogP contribution in [0.15, 0.2) is 174 Å². The smallest absolute Gasteiger partial charge is 0.334 e. The van der Waals surface area contributed by atoms with Gasteiger partial charge in [-0.05, 0) is 69.1 Å². The molecule has 0 aliphatic heterocycles. The van der Waals surface area contributed by atoms with Crippen molar-refractivity contribution in [1.82, 2.24) is 0 Å². The Morgan fingerprint density at radius 3 is 1.39 bits per heavy atom. The predicted molar refractivity (Wildman–Crippen MR) is 276 cm³/mol. The molecule has 0 saturated carbocycles. The fraction of sp³-hybridized carbons (Fsp3) is 0.0545. The Morgan fingerprint density at radius 1 is 0.464 bits per heavy atom. The van der Waals surface area contributed by atoms with Gasteiger partial charge in [-0.1, -0.05) is 109 Å². The number of carbonyl (C=O) groups excluding carboxylic acids is 2. The van der Waals surface area contributed by atoms with Gasteiger partial charge < -0.3 is 9.47 Å². The van der Waals surface area contributed by atoms with Crippen molar-refractivity contribution >= 4 is 140 Å². The molecule has 0 atom stereocenters. The van der Waals surface area contributed by atoms with Gasteiger partial charge in [-0.2, -0.15) is 0 Å². The van der Waals surface area contributed by atoms with E-state index in [2.05, 4.69) is 4.99 Å². The Balaban J connectivity index is 1.00. The largest absolute Gasteiger partial charge is 0.459 e. The average molecular weight is 973 g/mol. The molecule has 1 aliphatic carbocycles. The SMILES string of the molecule is O=C(OCc1ccccc1)C1(C(=O)OCc2ccccc2)C(N=c2c(=O)c3cc4ccccc4cc3c2=O)=Cc2sc3c(sc4c5sc(N=c6c(=O)c7cc8ccccc8cc7c6=O)cc5sc34)c21. The van der Waals surface area contributed by atoms with E-state index in [4.69, 9.17) is 14.5 Å². The number of esters is 2. The van der Waals surface area contributed by atoms with Gasteiger partial charge in [0.15, 0.2) is 10.7 Å². The van der Waals surface area contributed by atoms with E-state index in [0.717, 1.165) is 45.0 Å². The fourth-order valence-corrected chi connectivity index (χ4v) is 15.2. The number of ether oxygens (including phenoxy) is 2. The van der Waals surface area contributed by atoms with Crippen molar-refractivity contribution in [2.75, 3.05) is 0 Å². The summed E-state index contributed by atoms with van der Waals surface area (Å²) in [5.74, 6) is -1.95. The van der Waals surface area contributed by atoms with Crippen LogP contribution in [0.3, 0.4) is 0 Å². The van der Waals surface area contributed by atoms with Crippen LogP contribution in [0.2, 0.25) is 0 Å². The number of hydrogen-bond acceptors (Lipinski definition) is 14. The van der Waals surface area contributed by atoms with E-state index in [1.54, 1.807) is 54.6 Å². The number of hydrogen-bond donors (Lipinski definition) is 0. The zero-order chi connectivity index (χ0) is 46.7. The maximum atomic E-state index is 15.3. The van der Waals surface area contributed by atoms with Crippen molar-refractivity contribution in [3.05, 3.63) is 218 Å². The Hall–Kier alpha value is -7.88. The van der Waals surface area contributed by atoms with Gasteiger partial charge >= 0.3 is 11.9 Å². The summed E-state index contributed by atoms with van der Waals surface area (Å²) in [6.07, 6.45) is 1.60. The molecule has 0 amide bonds. The van der Waals surface area contributed by atoms with Gasteiger partial charge in [-0.25, -0.2) is 9.98 Å². The van der Waals surface area contributed by atoms with Crippen molar-refractivity contribution < 1.29 is 19.1 Å². The van der Waals surface area contributed by atoms with Crippen molar-refractivity contribution in [2.24, 2.45) is 9.98 Å². The summed E-state index contributed by atoms with van der Waals surface area (Å²) >= 11 is 5.58. The Morgan fingerprint density at radius 2 is 0.899 bits per heavy atom. The second-order valence-corrected chi connectivity index (χ2v) is 20.9. The maximum absolute atomic E-state index is 15.3. The molecule has 8 aromatic carbocycles. The van der Waals surface area contributed by atoms with Crippen LogP contribution in [-0.4, -0.2) is 11.9 Å². The minimum atomic E-state index is -2.37. The Kier molecular flexibility index (Phi) is 9.33. The lowest BCUT2D eigenvalue weighted by atomic mass is 9.81. The Labute approximate surface area is 403 Å². The number of benzene rings is 6. The highest BCUT2D eigenvalue weighted by Crippen LogP contribution is 2.58. The standard InChI is InChI=1S/C55H28N2O8S4/c58-44-33-19-29-15-7-8-16-30(29)20-34(33)45(59)42(44)56-39-23-37-41(55(39,53(62)64-25-27-11-3-1-4-12-27)54(63)65-26-28-13-5-2-6-14-28)49-51(66-37)52-50(69-49)48-38(67-52)24-40(68-48)57-43-46(60)35-21-31-17-9-10-18-32(31)22-36(35)47(43)61/h1-24H,25-26H2. The van der Waals surface area contributed by atoms with Crippen LogP contribution >= 0.6 is 45.3 Å². The Bertz CT molecular complexity index is 4390. The van der Waals surface area contributed by atoms with Gasteiger partial charge in [-0.15, -0.1) is 45.3 Å². The van der Waals surface area contributed by atoms with E-state index in [9.17, 15) is 19.2 Å². The lowest BCUT2D eigenvalue weighted by Crippen LogP contribution is -2.47. The molecule has 4 heterocycles. The van der Waals surface area contributed by atoms with Crippen molar-refractivity contribution in [2.45, 2.75) is 18.6 Å². The highest BCUT2D eigenvalue weighted by atomic mass is 32.1. The van der Waals surface area contributed by atoms with Crippen LogP contribution in [0, 0.1) is 0 Å². The first-order valence-electron chi connectivity index (χ1n) is 21.6. The highest BCUT2D eigenvalue weighted by Gasteiger charge is 2.60. The molecule has 0 fully saturated rings. The molecule has 69 heavy (non-hydrogen) atoms. The van der Waals surface area contributed by atoms with Crippen LogP contribution in [0.5, 0.6) is 0 Å². The number of rotatable bonds is 8. The third-order valence-corrected chi connectivity index (χ3v) is 18.0. The molecule has 0 unspecified atom stereocenters. The molecule has 12 aromatic rings. The second-order valence-electron chi connectivity index (χ2n) is 16.8. The van der Waals surface area contributed by atoms with Gasteiger partial charge in [-0.3, -0.25) is 28.8 Å². The maximum Gasteiger partial charge on any atom is 0.334 e. The van der Waals surface area contributed by atoms with E-state index >= 15 is 9.59 Å². The molecule has 0 saturated heterocycles. The quantitative estimate of drug-likeness (QED) is 0.108. The van der Waals surface area contributed by atoms with Crippen LogP contribution in [0.25, 0.3) is 77.4 Å². The molecular formula is C55H28N2O8S4. The molecule has 0 spiro atoms. The van der Waals surface area contributed by atoms with Crippen molar-refractivity contribution in [3.63, 3.8) is 0 Å². The molecule has 13 rings (SSSR count).